The Kier molecular flexibility index (Phi) is 3.41. The molecule has 1 aliphatic carbocycles. The molecular formula is C19H16O3. The van der Waals surface area contributed by atoms with Crippen LogP contribution in [-0.2, 0) is 15.0 Å². The molecule has 2 aromatic rings. The van der Waals surface area contributed by atoms with Crippen molar-refractivity contribution in [3.8, 4) is 5.75 Å². The van der Waals surface area contributed by atoms with E-state index in [2.05, 4.69) is 0 Å². The smallest absolute Gasteiger partial charge is 0.181 e. The van der Waals surface area contributed by atoms with Crippen LogP contribution in [0.25, 0.3) is 5.57 Å². The van der Waals surface area contributed by atoms with Gasteiger partial charge in [0.25, 0.3) is 0 Å². The second kappa shape index (κ2) is 5.26. The molecule has 3 rings (SSSR count). The Labute approximate surface area is 129 Å². The number of carbonyl (C=O) groups excluding carboxylic acids is 2. The van der Waals surface area contributed by atoms with Gasteiger partial charge in [0.15, 0.2) is 11.6 Å². The Morgan fingerprint density at radius 3 is 2.14 bits per heavy atom. The molecule has 2 aromatic carbocycles. The van der Waals surface area contributed by atoms with Crippen molar-refractivity contribution >= 4 is 17.1 Å². The van der Waals surface area contributed by atoms with Crippen molar-refractivity contribution in [1.29, 1.82) is 0 Å². The minimum atomic E-state index is -1.13. The highest BCUT2D eigenvalue weighted by Crippen LogP contribution is 2.38. The van der Waals surface area contributed by atoms with E-state index in [1.807, 2.05) is 30.3 Å². The quantitative estimate of drug-likeness (QED) is 0.816. The zero-order chi connectivity index (χ0) is 15.7. The summed E-state index contributed by atoms with van der Waals surface area (Å²) in [5.74, 6) is 0.385. The summed E-state index contributed by atoms with van der Waals surface area (Å²) in [6.45, 7) is 1.69. The van der Waals surface area contributed by atoms with E-state index in [4.69, 9.17) is 4.74 Å². The number of ether oxygens (including phenoxy) is 1. The average molecular weight is 292 g/mol. The molecule has 1 atom stereocenters. The second-order valence-electron chi connectivity index (χ2n) is 5.47. The van der Waals surface area contributed by atoms with Crippen LogP contribution < -0.4 is 4.74 Å². The number of rotatable bonds is 3. The average Bonchev–Trinajstić information content (AvgIpc) is 2.81. The summed E-state index contributed by atoms with van der Waals surface area (Å²) in [6, 6.07) is 16.4. The van der Waals surface area contributed by atoms with Crippen molar-refractivity contribution in [2.45, 2.75) is 12.3 Å². The topological polar surface area (TPSA) is 43.4 Å². The highest BCUT2D eigenvalue weighted by molar-refractivity contribution is 6.42. The third-order valence-electron chi connectivity index (χ3n) is 4.22. The van der Waals surface area contributed by atoms with E-state index in [0.29, 0.717) is 11.3 Å². The maximum Gasteiger partial charge on any atom is 0.181 e. The molecule has 0 aromatic heterocycles. The number of carbonyl (C=O) groups is 2. The van der Waals surface area contributed by atoms with E-state index in [0.717, 1.165) is 11.1 Å². The summed E-state index contributed by atoms with van der Waals surface area (Å²) in [7, 11) is 1.59. The van der Waals surface area contributed by atoms with Gasteiger partial charge in [0.05, 0.1) is 7.11 Å². The lowest BCUT2D eigenvalue weighted by Gasteiger charge is -2.21. The van der Waals surface area contributed by atoms with Gasteiger partial charge >= 0.3 is 0 Å². The lowest BCUT2D eigenvalue weighted by atomic mass is 9.77. The minimum Gasteiger partial charge on any atom is -0.497 e. The second-order valence-corrected chi connectivity index (χ2v) is 5.47. The van der Waals surface area contributed by atoms with E-state index >= 15 is 0 Å². The Morgan fingerprint density at radius 2 is 1.55 bits per heavy atom. The Morgan fingerprint density at radius 1 is 0.909 bits per heavy atom. The highest BCUT2D eigenvalue weighted by Gasteiger charge is 2.47. The molecular weight excluding hydrogens is 276 g/mol. The molecule has 0 amide bonds. The molecule has 0 unspecified atom stereocenters. The molecule has 22 heavy (non-hydrogen) atoms. The SMILES string of the molecule is COc1ccc(C2=CC(=O)[C@](C)(c3ccccc3)C2=O)cc1. The molecule has 3 nitrogen and oxygen atoms in total. The number of ketones is 2. The molecule has 0 spiro atoms. The number of hydrogen-bond acceptors (Lipinski definition) is 3. The zero-order valence-electron chi connectivity index (χ0n) is 12.5. The zero-order valence-corrected chi connectivity index (χ0v) is 12.5. The fourth-order valence-corrected chi connectivity index (χ4v) is 2.75. The maximum absolute atomic E-state index is 12.9. The molecule has 0 N–H and O–H groups in total. The Bertz CT molecular complexity index is 757. The van der Waals surface area contributed by atoms with Gasteiger partial charge in [-0.1, -0.05) is 42.5 Å². The number of Topliss-reactive ketones (excluding diaryl/α,β-unsaturated/α-hetero) is 1. The van der Waals surface area contributed by atoms with E-state index in [9.17, 15) is 9.59 Å². The molecule has 1 aliphatic rings. The fraction of sp³-hybridized carbons (Fsp3) is 0.158. The van der Waals surface area contributed by atoms with Crippen LogP contribution in [0.2, 0.25) is 0 Å². The van der Waals surface area contributed by atoms with Gasteiger partial charge in [-0.2, -0.15) is 0 Å². The molecule has 0 fully saturated rings. The van der Waals surface area contributed by atoms with Crippen molar-refractivity contribution in [3.63, 3.8) is 0 Å². The van der Waals surface area contributed by atoms with E-state index in [1.165, 1.54) is 6.08 Å². The first-order valence-corrected chi connectivity index (χ1v) is 7.08. The van der Waals surface area contributed by atoms with Gasteiger partial charge < -0.3 is 4.74 Å². The fourth-order valence-electron chi connectivity index (χ4n) is 2.75. The molecule has 0 saturated heterocycles. The van der Waals surface area contributed by atoms with Crippen LogP contribution >= 0.6 is 0 Å². The first-order valence-electron chi connectivity index (χ1n) is 7.08. The largest absolute Gasteiger partial charge is 0.497 e. The van der Waals surface area contributed by atoms with Gasteiger partial charge in [0.1, 0.15) is 11.2 Å². The number of allylic oxidation sites excluding steroid dienone is 2. The first-order chi connectivity index (χ1) is 10.6. The summed E-state index contributed by atoms with van der Waals surface area (Å²) in [4.78, 5) is 25.4. The summed E-state index contributed by atoms with van der Waals surface area (Å²) in [6.07, 6.45) is 1.46. The van der Waals surface area contributed by atoms with Gasteiger partial charge in [-0.25, -0.2) is 0 Å². The van der Waals surface area contributed by atoms with E-state index in [1.54, 1.807) is 38.3 Å². The van der Waals surface area contributed by atoms with Crippen LogP contribution in [0.4, 0.5) is 0 Å². The third kappa shape index (κ3) is 2.06. The molecule has 0 saturated carbocycles. The van der Waals surface area contributed by atoms with Crippen molar-refractivity contribution < 1.29 is 14.3 Å². The maximum atomic E-state index is 12.9. The number of methoxy groups -OCH3 is 1. The summed E-state index contributed by atoms with van der Waals surface area (Å²) in [5.41, 5.74) is 0.791. The highest BCUT2D eigenvalue weighted by atomic mass is 16.5. The molecule has 0 heterocycles. The third-order valence-corrected chi connectivity index (χ3v) is 4.22. The van der Waals surface area contributed by atoms with Crippen LogP contribution in [0.1, 0.15) is 18.1 Å². The molecule has 0 radical (unpaired) electrons. The van der Waals surface area contributed by atoms with Crippen molar-refractivity contribution in [2.24, 2.45) is 0 Å². The standard InChI is InChI=1S/C19H16O3/c1-19(14-6-4-3-5-7-14)17(20)12-16(18(19)21)13-8-10-15(22-2)11-9-13/h3-12H,1-2H3/t19-/m0/s1. The van der Waals surface area contributed by atoms with Crippen LogP contribution in [0.15, 0.2) is 60.7 Å². The van der Waals surface area contributed by atoms with Crippen molar-refractivity contribution in [1.82, 2.24) is 0 Å². The van der Waals surface area contributed by atoms with Crippen molar-refractivity contribution in [3.05, 3.63) is 71.8 Å². The predicted molar refractivity (Wildman–Crippen MR) is 84.8 cm³/mol. The van der Waals surface area contributed by atoms with Crippen LogP contribution in [0.5, 0.6) is 5.75 Å². The Balaban J connectivity index is 2.01. The summed E-state index contributed by atoms with van der Waals surface area (Å²) in [5, 5.41) is 0. The van der Waals surface area contributed by atoms with Gasteiger partial charge in [0, 0.05) is 5.57 Å². The number of benzene rings is 2. The van der Waals surface area contributed by atoms with E-state index in [-0.39, 0.29) is 11.6 Å². The van der Waals surface area contributed by atoms with Gasteiger partial charge in [-0.3, -0.25) is 9.59 Å². The Hall–Kier alpha value is -2.68. The van der Waals surface area contributed by atoms with Gasteiger partial charge in [-0.15, -0.1) is 0 Å². The molecule has 110 valence electrons. The normalized spacial score (nSPS) is 20.9. The van der Waals surface area contributed by atoms with E-state index < -0.39 is 5.41 Å². The van der Waals surface area contributed by atoms with Crippen LogP contribution in [0.3, 0.4) is 0 Å². The minimum absolute atomic E-state index is 0.158. The van der Waals surface area contributed by atoms with Crippen molar-refractivity contribution in [2.75, 3.05) is 7.11 Å². The van der Waals surface area contributed by atoms with Crippen LogP contribution in [0, 0.1) is 0 Å². The number of hydrogen-bond donors (Lipinski definition) is 0. The lowest BCUT2D eigenvalue weighted by molar-refractivity contribution is -0.127. The lowest BCUT2D eigenvalue weighted by Crippen LogP contribution is -2.35. The molecule has 0 bridgehead atoms. The summed E-state index contributed by atoms with van der Waals surface area (Å²) < 4.78 is 5.12. The van der Waals surface area contributed by atoms with Gasteiger partial charge in [-0.05, 0) is 36.3 Å². The monoisotopic (exact) mass is 292 g/mol. The first kappa shape index (κ1) is 14.3. The van der Waals surface area contributed by atoms with Crippen LogP contribution in [-0.4, -0.2) is 18.7 Å². The molecule has 0 aliphatic heterocycles. The predicted octanol–water partition coefficient (Wildman–Crippen LogP) is 3.19. The summed E-state index contributed by atoms with van der Waals surface area (Å²) >= 11 is 0. The van der Waals surface area contributed by atoms with Gasteiger partial charge in [0.2, 0.25) is 0 Å². The molecule has 3 heteroatoms.